The van der Waals surface area contributed by atoms with Crippen molar-refractivity contribution in [1.82, 2.24) is 4.98 Å². The van der Waals surface area contributed by atoms with E-state index < -0.39 is 26.8 Å². The highest BCUT2D eigenvalue weighted by Gasteiger charge is 2.48. The van der Waals surface area contributed by atoms with E-state index in [1.54, 1.807) is 30.3 Å². The molecule has 1 atom stereocenters. The van der Waals surface area contributed by atoms with Gasteiger partial charge in [-0.25, -0.2) is 0 Å². The van der Waals surface area contributed by atoms with Crippen LogP contribution in [0.25, 0.3) is 10.9 Å². The average molecular weight is 473 g/mol. The lowest BCUT2D eigenvalue weighted by Crippen LogP contribution is -2.32. The van der Waals surface area contributed by atoms with E-state index in [9.17, 15) is 26.4 Å². The smallest absolute Gasteiger partial charge is 0.376 e. The maximum absolute atomic E-state index is 12.8. The summed E-state index contributed by atoms with van der Waals surface area (Å²) in [6.07, 6.45) is 0.766. The lowest BCUT2D eigenvalue weighted by molar-refractivity contribution is -0.110. The average Bonchev–Trinajstić information content (AvgIpc) is 3.13. The molecule has 1 heterocycles. The molecule has 0 saturated heterocycles. The van der Waals surface area contributed by atoms with Crippen LogP contribution in [0.3, 0.4) is 0 Å². The molecule has 0 aliphatic carbocycles. The Labute approximate surface area is 188 Å². The van der Waals surface area contributed by atoms with Crippen LogP contribution in [-0.4, -0.2) is 25.2 Å². The van der Waals surface area contributed by atoms with Gasteiger partial charge in [-0.3, -0.25) is 0 Å². The highest BCUT2D eigenvalue weighted by molar-refractivity contribution is 7.88. The van der Waals surface area contributed by atoms with Gasteiger partial charge < -0.3 is 14.0 Å². The van der Waals surface area contributed by atoms with Gasteiger partial charge in [0.05, 0.1) is 0 Å². The van der Waals surface area contributed by atoms with Crippen LogP contribution < -0.4 is 4.18 Å². The van der Waals surface area contributed by atoms with Crippen molar-refractivity contribution in [2.24, 2.45) is 0 Å². The molecule has 170 valence electrons. The summed E-state index contributed by atoms with van der Waals surface area (Å²) in [4.78, 5) is 16.1. The largest absolute Gasteiger partial charge is 0.534 e. The molecule has 0 aliphatic rings. The number of hydrogen-bond acceptors (Lipinski definition) is 4. The zero-order valence-corrected chi connectivity index (χ0v) is 18.1. The van der Waals surface area contributed by atoms with Crippen LogP contribution in [0, 0.1) is 6.92 Å². The number of aryl methyl sites for hydroxylation is 1. The van der Waals surface area contributed by atoms with Gasteiger partial charge >= 0.3 is 15.6 Å². The Bertz CT molecular complexity index is 1410. The third-order valence-electron chi connectivity index (χ3n) is 5.57. The van der Waals surface area contributed by atoms with Crippen molar-refractivity contribution in [2.45, 2.75) is 17.8 Å². The first kappa shape index (κ1) is 22.6. The monoisotopic (exact) mass is 473 g/mol. The topological polar surface area (TPSA) is 76.2 Å². The molecule has 0 unspecified atom stereocenters. The molecule has 4 aromatic rings. The zero-order valence-electron chi connectivity index (χ0n) is 17.3. The third kappa shape index (κ3) is 3.78. The number of para-hydroxylation sites is 1. The number of halogens is 3. The fourth-order valence-electron chi connectivity index (χ4n) is 3.98. The predicted molar refractivity (Wildman–Crippen MR) is 117 cm³/mol. The molecule has 0 aliphatic heterocycles. The van der Waals surface area contributed by atoms with Crippen molar-refractivity contribution in [3.63, 3.8) is 0 Å². The number of fused-ring (bicyclic) bond motifs is 1. The van der Waals surface area contributed by atoms with E-state index >= 15 is 0 Å². The summed E-state index contributed by atoms with van der Waals surface area (Å²) in [7, 11) is -5.81. The highest BCUT2D eigenvalue weighted by atomic mass is 32.2. The summed E-state index contributed by atoms with van der Waals surface area (Å²) >= 11 is 0. The Morgan fingerprint density at radius 2 is 1.42 bits per heavy atom. The lowest BCUT2D eigenvalue weighted by atomic mass is 9.72. The van der Waals surface area contributed by atoms with E-state index in [2.05, 4.69) is 9.17 Å². The molecule has 9 heteroatoms. The number of benzene rings is 3. The Balaban J connectivity index is 1.90. The molecule has 0 radical (unpaired) electrons. The van der Waals surface area contributed by atoms with Crippen LogP contribution in [0.15, 0.2) is 78.9 Å². The van der Waals surface area contributed by atoms with Crippen molar-refractivity contribution in [3.8, 4) is 5.75 Å². The van der Waals surface area contributed by atoms with Crippen LogP contribution in [0.4, 0.5) is 13.2 Å². The van der Waals surface area contributed by atoms with Gasteiger partial charge in [-0.1, -0.05) is 60.7 Å². The molecule has 3 aromatic carbocycles. The maximum atomic E-state index is 12.8. The molecule has 5 nitrogen and oxygen atoms in total. The number of H-pyrrole nitrogens is 1. The fraction of sp³-hybridized carbons (Fsp3) is 0.125. The molecule has 33 heavy (non-hydrogen) atoms. The van der Waals surface area contributed by atoms with E-state index in [4.69, 9.17) is 0 Å². The van der Waals surface area contributed by atoms with E-state index in [-0.39, 0.29) is 0 Å². The SMILES string of the molecule is Cc1c([C@](C=O)(c2ccccc2)c2ccc(OS(=O)(=O)C(F)(F)F)cc2)[nH]c2ccccc12. The van der Waals surface area contributed by atoms with Gasteiger partial charge in [-0.05, 0) is 41.8 Å². The maximum Gasteiger partial charge on any atom is 0.534 e. The fourth-order valence-corrected chi connectivity index (χ4v) is 4.43. The van der Waals surface area contributed by atoms with Crippen LogP contribution in [-0.2, 0) is 20.3 Å². The number of nitrogens with one attached hydrogen (secondary N) is 1. The molecule has 0 bridgehead atoms. The van der Waals surface area contributed by atoms with E-state index in [1.165, 1.54) is 12.1 Å². The summed E-state index contributed by atoms with van der Waals surface area (Å²) < 4.78 is 64.9. The minimum absolute atomic E-state index is 0.426. The first-order valence-electron chi connectivity index (χ1n) is 9.81. The summed E-state index contributed by atoms with van der Waals surface area (Å²) in [6, 6.07) is 21.4. The lowest BCUT2D eigenvalue weighted by Gasteiger charge is -2.30. The zero-order chi connectivity index (χ0) is 23.9. The molecule has 0 fully saturated rings. The second kappa shape index (κ2) is 8.08. The van der Waals surface area contributed by atoms with Crippen LogP contribution in [0.2, 0.25) is 0 Å². The summed E-state index contributed by atoms with van der Waals surface area (Å²) in [6.45, 7) is 1.88. The van der Waals surface area contributed by atoms with E-state index in [0.717, 1.165) is 34.9 Å². The van der Waals surface area contributed by atoms with E-state index in [0.29, 0.717) is 16.8 Å². The minimum atomic E-state index is -5.81. The number of aldehydes is 1. The predicted octanol–water partition coefficient (Wildman–Crippen LogP) is 5.24. The second-order valence-corrected chi connectivity index (χ2v) is 9.01. The van der Waals surface area contributed by atoms with Crippen molar-refractivity contribution in [1.29, 1.82) is 0 Å². The molecule has 0 spiro atoms. The van der Waals surface area contributed by atoms with Gasteiger partial charge in [0, 0.05) is 16.6 Å². The summed E-state index contributed by atoms with van der Waals surface area (Å²) in [5.74, 6) is -0.516. The molecule has 0 amide bonds. The van der Waals surface area contributed by atoms with Crippen molar-refractivity contribution in [3.05, 3.63) is 101 Å². The molecular weight excluding hydrogens is 455 g/mol. The number of carbonyl (C=O) groups excluding carboxylic acids is 1. The standard InChI is InChI=1S/C24H18F3NO4S/c1-16-20-9-5-6-10-21(20)28-22(16)23(15-29,17-7-3-2-4-8-17)18-11-13-19(14-12-18)32-33(30,31)24(25,26)27/h2-15,28H,1H3/t23-/m1/s1. The normalized spacial score (nSPS) is 14.1. The van der Waals surface area contributed by atoms with Gasteiger partial charge in [0.25, 0.3) is 0 Å². The number of rotatable bonds is 6. The molecule has 1 aromatic heterocycles. The third-order valence-corrected chi connectivity index (χ3v) is 6.54. The molecular formula is C24H18F3NO4S. The van der Waals surface area contributed by atoms with Gasteiger partial charge in [0.1, 0.15) is 17.5 Å². The number of alkyl halides is 3. The van der Waals surface area contributed by atoms with E-state index in [1.807, 2.05) is 31.2 Å². The highest BCUT2D eigenvalue weighted by Crippen LogP contribution is 2.41. The van der Waals surface area contributed by atoms with Crippen molar-refractivity contribution in [2.75, 3.05) is 0 Å². The van der Waals surface area contributed by atoms with Crippen LogP contribution in [0.5, 0.6) is 5.75 Å². The Morgan fingerprint density at radius 3 is 2.00 bits per heavy atom. The van der Waals surface area contributed by atoms with Crippen LogP contribution >= 0.6 is 0 Å². The van der Waals surface area contributed by atoms with Crippen molar-refractivity contribution < 1.29 is 30.6 Å². The van der Waals surface area contributed by atoms with Gasteiger partial charge in [-0.2, -0.15) is 21.6 Å². The second-order valence-electron chi connectivity index (χ2n) is 7.47. The molecule has 1 N–H and O–H groups in total. The van der Waals surface area contributed by atoms with Gasteiger partial charge in [0.2, 0.25) is 0 Å². The molecule has 4 rings (SSSR count). The molecule has 0 saturated carbocycles. The Hall–Kier alpha value is -3.59. The first-order valence-corrected chi connectivity index (χ1v) is 11.2. The minimum Gasteiger partial charge on any atom is -0.376 e. The Morgan fingerprint density at radius 1 is 0.848 bits per heavy atom. The first-order chi connectivity index (χ1) is 15.6. The Kier molecular flexibility index (Phi) is 5.53. The summed E-state index contributed by atoms with van der Waals surface area (Å²) in [5, 5.41) is 0.922. The quantitative estimate of drug-likeness (QED) is 0.236. The van der Waals surface area contributed by atoms with Crippen LogP contribution in [0.1, 0.15) is 22.4 Å². The number of aromatic nitrogens is 1. The number of carbonyl (C=O) groups is 1. The number of aromatic amines is 1. The number of hydrogen-bond donors (Lipinski definition) is 1. The summed E-state index contributed by atoms with van der Waals surface area (Å²) in [5.41, 5.74) is -3.57. The van der Waals surface area contributed by atoms with Gasteiger partial charge in [-0.15, -0.1) is 0 Å². The van der Waals surface area contributed by atoms with Crippen molar-refractivity contribution >= 4 is 27.3 Å². The van der Waals surface area contributed by atoms with Gasteiger partial charge in [0.15, 0.2) is 0 Å².